The molecule has 0 fully saturated rings. The molecule has 0 saturated carbocycles. The van der Waals surface area contributed by atoms with Gasteiger partial charge in [-0.3, -0.25) is 4.79 Å². The van der Waals surface area contributed by atoms with Crippen LogP contribution in [0.1, 0.15) is 23.7 Å². The second-order valence-corrected chi connectivity index (χ2v) is 5.52. The van der Waals surface area contributed by atoms with E-state index in [9.17, 15) is 9.18 Å². The predicted octanol–water partition coefficient (Wildman–Crippen LogP) is 2.75. The van der Waals surface area contributed by atoms with E-state index in [-0.39, 0.29) is 18.1 Å². The minimum absolute atomic E-state index is 0.0605. The first-order valence-corrected chi connectivity index (χ1v) is 7.80. The Kier molecular flexibility index (Phi) is 4.55. The zero-order chi connectivity index (χ0) is 16.2. The number of ether oxygens (including phenoxy) is 1. The fourth-order valence-corrected chi connectivity index (χ4v) is 2.75. The molecule has 0 atom stereocenters. The molecule has 2 heterocycles. The Labute approximate surface area is 134 Å². The summed E-state index contributed by atoms with van der Waals surface area (Å²) in [5, 5.41) is 0. The van der Waals surface area contributed by atoms with Gasteiger partial charge in [0.1, 0.15) is 5.82 Å². The summed E-state index contributed by atoms with van der Waals surface area (Å²) in [5.74, 6) is 0.230. The predicted molar refractivity (Wildman–Crippen MR) is 84.6 cm³/mol. The van der Waals surface area contributed by atoms with Gasteiger partial charge in [-0.1, -0.05) is 24.3 Å². The van der Waals surface area contributed by atoms with Crippen molar-refractivity contribution in [1.29, 1.82) is 0 Å². The Morgan fingerprint density at radius 3 is 2.91 bits per heavy atom. The van der Waals surface area contributed by atoms with E-state index in [2.05, 4.69) is 4.98 Å². The van der Waals surface area contributed by atoms with Crippen LogP contribution < -0.4 is 4.74 Å². The Morgan fingerprint density at radius 1 is 1.30 bits per heavy atom. The standard InChI is InChI=1S/C18H19FN2O2/c1-2-23-17-8-7-14-12-21(10-9-16(14)20-17)18(22)11-13-5-3-4-6-15(13)19/h3-8H,2,9-12H2,1H3. The lowest BCUT2D eigenvalue weighted by Crippen LogP contribution is -2.37. The van der Waals surface area contributed by atoms with E-state index in [1.165, 1.54) is 6.07 Å². The molecular formula is C18H19FN2O2. The zero-order valence-corrected chi connectivity index (χ0v) is 13.1. The molecule has 1 aliphatic rings. The topological polar surface area (TPSA) is 42.4 Å². The average molecular weight is 314 g/mol. The number of pyridine rings is 1. The second kappa shape index (κ2) is 6.77. The summed E-state index contributed by atoms with van der Waals surface area (Å²) in [6, 6.07) is 10.2. The molecule has 3 rings (SSSR count). The fraction of sp³-hybridized carbons (Fsp3) is 0.333. The van der Waals surface area contributed by atoms with Gasteiger partial charge >= 0.3 is 0 Å². The molecular weight excluding hydrogens is 295 g/mol. The number of benzene rings is 1. The molecule has 0 radical (unpaired) electrons. The first-order valence-electron chi connectivity index (χ1n) is 7.80. The second-order valence-electron chi connectivity index (χ2n) is 5.52. The van der Waals surface area contributed by atoms with Crippen molar-refractivity contribution in [2.24, 2.45) is 0 Å². The first-order chi connectivity index (χ1) is 11.2. The number of hydrogen-bond acceptors (Lipinski definition) is 3. The Balaban J connectivity index is 1.69. The van der Waals surface area contributed by atoms with Gasteiger partial charge in [0.15, 0.2) is 0 Å². The number of aromatic nitrogens is 1. The Morgan fingerprint density at radius 2 is 2.13 bits per heavy atom. The van der Waals surface area contributed by atoms with E-state index in [0.717, 1.165) is 11.3 Å². The molecule has 23 heavy (non-hydrogen) atoms. The van der Waals surface area contributed by atoms with E-state index in [1.54, 1.807) is 23.1 Å². The van der Waals surface area contributed by atoms with Crippen LogP contribution in [0.5, 0.6) is 5.88 Å². The molecule has 1 amide bonds. The molecule has 4 nitrogen and oxygen atoms in total. The van der Waals surface area contributed by atoms with Gasteiger partial charge in [-0.15, -0.1) is 0 Å². The lowest BCUT2D eigenvalue weighted by Gasteiger charge is -2.28. The summed E-state index contributed by atoms with van der Waals surface area (Å²) in [4.78, 5) is 18.6. The minimum atomic E-state index is -0.332. The van der Waals surface area contributed by atoms with Crippen LogP contribution >= 0.6 is 0 Å². The molecule has 1 aromatic heterocycles. The monoisotopic (exact) mass is 314 g/mol. The summed E-state index contributed by atoms with van der Waals surface area (Å²) in [6.45, 7) is 3.62. The van der Waals surface area contributed by atoms with Crippen molar-refractivity contribution in [3.8, 4) is 5.88 Å². The van der Waals surface area contributed by atoms with Crippen LogP contribution in [0.4, 0.5) is 4.39 Å². The molecule has 0 saturated heterocycles. The van der Waals surface area contributed by atoms with Crippen molar-refractivity contribution in [2.45, 2.75) is 26.3 Å². The highest BCUT2D eigenvalue weighted by atomic mass is 19.1. The van der Waals surface area contributed by atoms with Crippen LogP contribution in [0.25, 0.3) is 0 Å². The molecule has 5 heteroatoms. The maximum absolute atomic E-state index is 13.7. The van der Waals surface area contributed by atoms with Crippen LogP contribution in [0.2, 0.25) is 0 Å². The highest BCUT2D eigenvalue weighted by Gasteiger charge is 2.22. The molecule has 1 aromatic carbocycles. The zero-order valence-electron chi connectivity index (χ0n) is 13.1. The molecule has 2 aromatic rings. The molecule has 0 unspecified atom stereocenters. The lowest BCUT2D eigenvalue weighted by atomic mass is 10.0. The molecule has 0 bridgehead atoms. The van der Waals surface area contributed by atoms with E-state index < -0.39 is 0 Å². The maximum Gasteiger partial charge on any atom is 0.227 e. The van der Waals surface area contributed by atoms with Gasteiger partial charge in [-0.25, -0.2) is 9.37 Å². The number of carbonyl (C=O) groups is 1. The number of carbonyl (C=O) groups excluding carboxylic acids is 1. The maximum atomic E-state index is 13.7. The molecule has 0 N–H and O–H groups in total. The molecule has 120 valence electrons. The third kappa shape index (κ3) is 3.50. The summed E-state index contributed by atoms with van der Waals surface area (Å²) in [5.41, 5.74) is 2.44. The van der Waals surface area contributed by atoms with E-state index >= 15 is 0 Å². The number of rotatable bonds is 4. The smallest absolute Gasteiger partial charge is 0.227 e. The van der Waals surface area contributed by atoms with Crippen LogP contribution in [0.15, 0.2) is 36.4 Å². The van der Waals surface area contributed by atoms with Crippen molar-refractivity contribution >= 4 is 5.91 Å². The first kappa shape index (κ1) is 15.5. The van der Waals surface area contributed by atoms with Gasteiger partial charge in [0.2, 0.25) is 11.8 Å². The summed E-state index contributed by atoms with van der Waals surface area (Å²) in [6.07, 6.45) is 0.783. The van der Waals surface area contributed by atoms with E-state index in [0.29, 0.717) is 37.6 Å². The molecule has 1 aliphatic heterocycles. The van der Waals surface area contributed by atoms with Gasteiger partial charge in [-0.2, -0.15) is 0 Å². The number of nitrogens with zero attached hydrogens (tertiary/aromatic N) is 2. The highest BCUT2D eigenvalue weighted by molar-refractivity contribution is 5.79. The number of hydrogen-bond donors (Lipinski definition) is 0. The average Bonchev–Trinajstić information content (AvgIpc) is 2.56. The van der Waals surface area contributed by atoms with Crippen molar-refractivity contribution < 1.29 is 13.9 Å². The third-order valence-corrected chi connectivity index (χ3v) is 3.97. The van der Waals surface area contributed by atoms with Crippen molar-refractivity contribution in [2.75, 3.05) is 13.2 Å². The van der Waals surface area contributed by atoms with Crippen molar-refractivity contribution in [3.05, 3.63) is 59.0 Å². The van der Waals surface area contributed by atoms with E-state index in [4.69, 9.17) is 4.74 Å². The summed E-state index contributed by atoms with van der Waals surface area (Å²) in [7, 11) is 0. The summed E-state index contributed by atoms with van der Waals surface area (Å²) < 4.78 is 19.1. The third-order valence-electron chi connectivity index (χ3n) is 3.97. The molecule has 0 aliphatic carbocycles. The van der Waals surface area contributed by atoms with Gasteiger partial charge in [-0.05, 0) is 24.1 Å². The highest BCUT2D eigenvalue weighted by Crippen LogP contribution is 2.21. The van der Waals surface area contributed by atoms with Crippen LogP contribution in [0, 0.1) is 5.82 Å². The van der Waals surface area contributed by atoms with Gasteiger partial charge in [0.25, 0.3) is 0 Å². The molecule has 0 spiro atoms. The van der Waals surface area contributed by atoms with E-state index in [1.807, 2.05) is 19.1 Å². The van der Waals surface area contributed by atoms with Crippen molar-refractivity contribution in [1.82, 2.24) is 9.88 Å². The van der Waals surface area contributed by atoms with Gasteiger partial charge in [0, 0.05) is 25.6 Å². The number of amides is 1. The quantitative estimate of drug-likeness (QED) is 0.871. The number of halogens is 1. The van der Waals surface area contributed by atoms with Crippen molar-refractivity contribution in [3.63, 3.8) is 0 Å². The van der Waals surface area contributed by atoms with Crippen LogP contribution in [0.3, 0.4) is 0 Å². The lowest BCUT2D eigenvalue weighted by molar-refractivity contribution is -0.131. The van der Waals surface area contributed by atoms with Gasteiger partial charge in [0.05, 0.1) is 18.7 Å². The largest absolute Gasteiger partial charge is 0.478 e. The minimum Gasteiger partial charge on any atom is -0.478 e. The van der Waals surface area contributed by atoms with Crippen LogP contribution in [-0.2, 0) is 24.2 Å². The fourth-order valence-electron chi connectivity index (χ4n) is 2.75. The normalized spacial score (nSPS) is 13.6. The number of fused-ring (bicyclic) bond motifs is 1. The SMILES string of the molecule is CCOc1ccc2c(n1)CCN(C(=O)Cc1ccccc1F)C2. The van der Waals surface area contributed by atoms with Gasteiger partial charge < -0.3 is 9.64 Å². The van der Waals surface area contributed by atoms with Crippen LogP contribution in [-0.4, -0.2) is 28.9 Å². The Bertz CT molecular complexity index is 718. The summed E-state index contributed by atoms with van der Waals surface area (Å²) >= 11 is 0. The Hall–Kier alpha value is -2.43.